The summed E-state index contributed by atoms with van der Waals surface area (Å²) in [5.41, 5.74) is 1.87. The standard InChI is InChI=1S/C27H25N3O5S2/c1-5-11-35-18-8-6-7-16(12-18)22-21(23(31)25-14(2)28-15(3)36-25)24(32)26(33)30(22)27-29-19-10-9-17(34-4)13-20(19)37-27/h6-10,12-13,22,32H,5,11H2,1-4H3. The van der Waals surface area contributed by atoms with Crippen LogP contribution in [0.1, 0.15) is 45.3 Å². The zero-order valence-electron chi connectivity index (χ0n) is 20.8. The molecule has 8 nitrogen and oxygen atoms in total. The van der Waals surface area contributed by atoms with Crippen LogP contribution in [-0.4, -0.2) is 40.5 Å². The van der Waals surface area contributed by atoms with Gasteiger partial charge in [0, 0.05) is 0 Å². The highest BCUT2D eigenvalue weighted by Crippen LogP contribution is 2.45. The predicted molar refractivity (Wildman–Crippen MR) is 144 cm³/mol. The minimum absolute atomic E-state index is 0.00114. The minimum Gasteiger partial charge on any atom is -0.503 e. The van der Waals surface area contributed by atoms with Gasteiger partial charge in [-0.1, -0.05) is 30.4 Å². The molecule has 190 valence electrons. The summed E-state index contributed by atoms with van der Waals surface area (Å²) in [6.07, 6.45) is 0.835. The zero-order chi connectivity index (χ0) is 26.3. The second kappa shape index (κ2) is 9.95. The van der Waals surface area contributed by atoms with Gasteiger partial charge in [0.05, 0.1) is 51.1 Å². The lowest BCUT2D eigenvalue weighted by Crippen LogP contribution is -2.31. The molecule has 2 aromatic heterocycles. The van der Waals surface area contributed by atoms with E-state index in [-0.39, 0.29) is 5.57 Å². The molecule has 3 heterocycles. The highest BCUT2D eigenvalue weighted by Gasteiger charge is 2.46. The number of anilines is 1. The Kier molecular flexibility index (Phi) is 6.70. The monoisotopic (exact) mass is 535 g/mol. The summed E-state index contributed by atoms with van der Waals surface area (Å²) >= 11 is 2.53. The molecule has 1 unspecified atom stereocenters. The van der Waals surface area contributed by atoms with Gasteiger partial charge in [-0.05, 0) is 56.2 Å². The third-order valence-corrected chi connectivity index (χ3v) is 8.09. The number of aromatic nitrogens is 2. The number of hydrogen-bond donors (Lipinski definition) is 1. The van der Waals surface area contributed by atoms with Gasteiger partial charge in [-0.15, -0.1) is 11.3 Å². The molecular formula is C27H25N3O5S2. The second-order valence-corrected chi connectivity index (χ2v) is 10.8. The lowest BCUT2D eigenvalue weighted by molar-refractivity contribution is -0.117. The van der Waals surface area contributed by atoms with Crippen molar-refractivity contribution in [3.05, 3.63) is 74.9 Å². The Morgan fingerprint density at radius 2 is 1.92 bits per heavy atom. The molecule has 1 aliphatic rings. The smallest absolute Gasteiger partial charge is 0.296 e. The molecule has 0 saturated heterocycles. The number of carbonyl (C=O) groups is 2. The third-order valence-electron chi connectivity index (χ3n) is 6.00. The van der Waals surface area contributed by atoms with Crippen molar-refractivity contribution in [3.63, 3.8) is 0 Å². The fourth-order valence-electron chi connectivity index (χ4n) is 4.33. The molecular weight excluding hydrogens is 510 g/mol. The lowest BCUT2D eigenvalue weighted by Gasteiger charge is -2.24. The topological polar surface area (TPSA) is 102 Å². The maximum absolute atomic E-state index is 13.8. The summed E-state index contributed by atoms with van der Waals surface area (Å²) < 4.78 is 12.0. The molecule has 5 rings (SSSR count). The molecule has 0 saturated carbocycles. The third kappa shape index (κ3) is 4.47. The Balaban J connectivity index is 1.66. The van der Waals surface area contributed by atoms with Crippen LogP contribution in [0.15, 0.2) is 53.8 Å². The van der Waals surface area contributed by atoms with Gasteiger partial charge >= 0.3 is 0 Å². The first-order valence-corrected chi connectivity index (χ1v) is 13.4. The normalized spacial score (nSPS) is 15.6. The van der Waals surface area contributed by atoms with E-state index in [2.05, 4.69) is 9.97 Å². The van der Waals surface area contributed by atoms with E-state index in [0.717, 1.165) is 16.1 Å². The summed E-state index contributed by atoms with van der Waals surface area (Å²) in [5.74, 6) is -0.413. The second-order valence-electron chi connectivity index (χ2n) is 8.57. The fraction of sp³-hybridized carbons (Fsp3) is 0.259. The number of fused-ring (bicyclic) bond motifs is 1. The number of carbonyl (C=O) groups excluding carboxylic acids is 2. The van der Waals surface area contributed by atoms with Crippen LogP contribution >= 0.6 is 22.7 Å². The van der Waals surface area contributed by atoms with E-state index in [1.165, 1.54) is 27.6 Å². The Morgan fingerprint density at radius 1 is 1.11 bits per heavy atom. The van der Waals surface area contributed by atoms with E-state index in [0.29, 0.717) is 44.9 Å². The summed E-state index contributed by atoms with van der Waals surface area (Å²) in [6, 6.07) is 11.8. The van der Waals surface area contributed by atoms with E-state index < -0.39 is 23.5 Å². The van der Waals surface area contributed by atoms with E-state index >= 15 is 0 Å². The lowest BCUT2D eigenvalue weighted by atomic mass is 9.95. The van der Waals surface area contributed by atoms with Gasteiger partial charge in [0.2, 0.25) is 5.78 Å². The SMILES string of the molecule is CCCOc1cccc(C2C(C(=O)c3sc(C)nc3C)=C(O)C(=O)N2c2nc3ccc(OC)cc3s2)c1. The van der Waals surface area contributed by atoms with Crippen molar-refractivity contribution >= 4 is 49.7 Å². The molecule has 0 radical (unpaired) electrons. The van der Waals surface area contributed by atoms with Crippen LogP contribution in [-0.2, 0) is 4.79 Å². The van der Waals surface area contributed by atoms with Crippen molar-refractivity contribution in [2.45, 2.75) is 33.2 Å². The number of Topliss-reactive ketones (excluding diaryl/α,β-unsaturated/α-hetero) is 1. The van der Waals surface area contributed by atoms with Gasteiger partial charge in [0.1, 0.15) is 11.5 Å². The Morgan fingerprint density at radius 3 is 2.62 bits per heavy atom. The molecule has 1 atom stereocenters. The largest absolute Gasteiger partial charge is 0.503 e. The Bertz CT molecular complexity index is 1550. The molecule has 10 heteroatoms. The summed E-state index contributed by atoms with van der Waals surface area (Å²) in [5, 5.41) is 12.2. The highest BCUT2D eigenvalue weighted by atomic mass is 32.1. The van der Waals surface area contributed by atoms with Crippen LogP contribution in [0.25, 0.3) is 10.2 Å². The minimum atomic E-state index is -0.894. The van der Waals surface area contributed by atoms with Crippen molar-refractivity contribution in [2.24, 2.45) is 0 Å². The summed E-state index contributed by atoms with van der Waals surface area (Å²) in [7, 11) is 1.58. The number of ether oxygens (including phenoxy) is 2. The van der Waals surface area contributed by atoms with Gasteiger partial charge in [-0.25, -0.2) is 9.97 Å². The Labute approximate surface area is 221 Å². The molecule has 0 bridgehead atoms. The number of aryl methyl sites for hydroxylation is 2. The molecule has 0 spiro atoms. The van der Waals surface area contributed by atoms with Crippen LogP contribution < -0.4 is 14.4 Å². The maximum Gasteiger partial charge on any atom is 0.296 e. The number of aliphatic hydroxyl groups is 1. The highest BCUT2D eigenvalue weighted by molar-refractivity contribution is 7.22. The van der Waals surface area contributed by atoms with Crippen LogP contribution in [0, 0.1) is 13.8 Å². The molecule has 0 aliphatic carbocycles. The van der Waals surface area contributed by atoms with Crippen LogP contribution in [0.5, 0.6) is 11.5 Å². The van der Waals surface area contributed by atoms with Crippen molar-refractivity contribution in [1.29, 1.82) is 0 Å². The van der Waals surface area contributed by atoms with Gasteiger partial charge in [-0.3, -0.25) is 14.5 Å². The first-order valence-electron chi connectivity index (χ1n) is 11.7. The summed E-state index contributed by atoms with van der Waals surface area (Å²) in [6.45, 7) is 6.11. The average Bonchev–Trinajstić information content (AvgIpc) is 3.54. The van der Waals surface area contributed by atoms with Crippen LogP contribution in [0.4, 0.5) is 5.13 Å². The summed E-state index contributed by atoms with van der Waals surface area (Å²) in [4.78, 5) is 38.2. The number of rotatable bonds is 8. The van der Waals surface area contributed by atoms with Crippen LogP contribution in [0.3, 0.4) is 0 Å². The Hall–Kier alpha value is -3.76. The number of nitrogens with zero attached hydrogens (tertiary/aromatic N) is 3. The van der Waals surface area contributed by atoms with Crippen molar-refractivity contribution < 1.29 is 24.2 Å². The van der Waals surface area contributed by atoms with E-state index in [9.17, 15) is 14.7 Å². The first-order chi connectivity index (χ1) is 17.8. The van der Waals surface area contributed by atoms with E-state index in [1.807, 2.05) is 44.2 Å². The van der Waals surface area contributed by atoms with E-state index in [4.69, 9.17) is 9.47 Å². The van der Waals surface area contributed by atoms with Gasteiger partial charge in [0.15, 0.2) is 10.9 Å². The fourth-order valence-corrected chi connectivity index (χ4v) is 6.23. The van der Waals surface area contributed by atoms with Crippen molar-refractivity contribution in [2.75, 3.05) is 18.6 Å². The molecule has 1 amide bonds. The number of hydrogen-bond acceptors (Lipinski definition) is 9. The van der Waals surface area contributed by atoms with E-state index in [1.54, 1.807) is 26.2 Å². The van der Waals surface area contributed by atoms with Gasteiger partial charge < -0.3 is 14.6 Å². The zero-order valence-corrected chi connectivity index (χ0v) is 22.4. The number of benzene rings is 2. The molecule has 1 aliphatic heterocycles. The van der Waals surface area contributed by atoms with Gasteiger partial charge in [-0.2, -0.15) is 0 Å². The molecule has 2 aromatic carbocycles. The first kappa shape index (κ1) is 24.9. The number of aliphatic hydroxyl groups excluding tert-OH is 1. The van der Waals surface area contributed by atoms with Gasteiger partial charge in [0.25, 0.3) is 5.91 Å². The average molecular weight is 536 g/mol. The van der Waals surface area contributed by atoms with Crippen molar-refractivity contribution in [3.8, 4) is 11.5 Å². The number of amides is 1. The number of ketones is 1. The quantitative estimate of drug-likeness (QED) is 0.278. The van der Waals surface area contributed by atoms with Crippen LogP contribution in [0.2, 0.25) is 0 Å². The molecule has 1 N–H and O–H groups in total. The number of thiazole rings is 2. The molecule has 37 heavy (non-hydrogen) atoms. The molecule has 4 aromatic rings. The maximum atomic E-state index is 13.8. The van der Waals surface area contributed by atoms with Crippen molar-refractivity contribution in [1.82, 2.24) is 9.97 Å². The molecule has 0 fully saturated rings. The predicted octanol–water partition coefficient (Wildman–Crippen LogP) is 5.95. The number of methoxy groups -OCH3 is 1.